The molecule has 0 radical (unpaired) electrons. The molecule has 0 aromatic rings. The quantitative estimate of drug-likeness (QED) is 0.706. The normalized spacial score (nSPS) is 30.4. The van der Waals surface area contributed by atoms with Gasteiger partial charge in [-0.1, -0.05) is 0 Å². The van der Waals surface area contributed by atoms with Gasteiger partial charge in [-0.05, 0) is 12.8 Å². The molecule has 15 heavy (non-hydrogen) atoms. The highest BCUT2D eigenvalue weighted by Crippen LogP contribution is 2.46. The number of aliphatic hydroxyl groups is 1. The zero-order chi connectivity index (χ0) is 10.7. The SMILES string of the molecule is COCC1(CN2CCOCC2CO)CC1. The summed E-state index contributed by atoms with van der Waals surface area (Å²) in [6, 6.07) is 0.188. The van der Waals surface area contributed by atoms with E-state index < -0.39 is 0 Å². The minimum Gasteiger partial charge on any atom is -0.395 e. The number of hydrogen-bond acceptors (Lipinski definition) is 4. The van der Waals surface area contributed by atoms with Gasteiger partial charge in [-0.3, -0.25) is 4.90 Å². The Balaban J connectivity index is 1.86. The lowest BCUT2D eigenvalue weighted by atomic mass is 10.1. The molecule has 1 N–H and O–H groups in total. The van der Waals surface area contributed by atoms with E-state index in [0.29, 0.717) is 12.0 Å². The van der Waals surface area contributed by atoms with Crippen LogP contribution in [0.3, 0.4) is 0 Å². The van der Waals surface area contributed by atoms with Gasteiger partial charge in [0.05, 0.1) is 32.5 Å². The highest BCUT2D eigenvalue weighted by Gasteiger charge is 2.45. The van der Waals surface area contributed by atoms with E-state index in [1.807, 2.05) is 0 Å². The predicted octanol–water partition coefficient (Wildman–Crippen LogP) is 0.106. The van der Waals surface area contributed by atoms with Crippen molar-refractivity contribution in [3.05, 3.63) is 0 Å². The maximum atomic E-state index is 9.26. The van der Waals surface area contributed by atoms with Gasteiger partial charge in [0.2, 0.25) is 0 Å². The number of aliphatic hydroxyl groups excluding tert-OH is 1. The van der Waals surface area contributed by atoms with Crippen molar-refractivity contribution in [3.8, 4) is 0 Å². The number of nitrogens with zero attached hydrogens (tertiary/aromatic N) is 1. The summed E-state index contributed by atoms with van der Waals surface area (Å²) in [6.07, 6.45) is 2.52. The minimum atomic E-state index is 0.188. The average molecular weight is 215 g/mol. The Labute approximate surface area is 91.2 Å². The van der Waals surface area contributed by atoms with Gasteiger partial charge >= 0.3 is 0 Å². The standard InChI is InChI=1S/C11H21NO3/c1-14-9-11(2-3-11)8-12-4-5-15-7-10(12)6-13/h10,13H,2-9H2,1H3. The van der Waals surface area contributed by atoms with Crippen molar-refractivity contribution in [2.24, 2.45) is 5.41 Å². The van der Waals surface area contributed by atoms with Gasteiger partial charge in [0.15, 0.2) is 0 Å². The van der Waals surface area contributed by atoms with Crippen molar-refractivity contribution >= 4 is 0 Å². The molecule has 88 valence electrons. The van der Waals surface area contributed by atoms with E-state index in [1.54, 1.807) is 7.11 Å². The summed E-state index contributed by atoms with van der Waals surface area (Å²) >= 11 is 0. The smallest absolute Gasteiger partial charge is 0.0644 e. The zero-order valence-electron chi connectivity index (χ0n) is 9.45. The van der Waals surface area contributed by atoms with Crippen LogP contribution in [-0.2, 0) is 9.47 Å². The fourth-order valence-corrected chi connectivity index (χ4v) is 2.33. The first-order valence-corrected chi connectivity index (χ1v) is 5.71. The van der Waals surface area contributed by atoms with Gasteiger partial charge in [-0.25, -0.2) is 0 Å². The maximum Gasteiger partial charge on any atom is 0.0644 e. The summed E-state index contributed by atoms with van der Waals surface area (Å²) in [5, 5.41) is 9.26. The number of ether oxygens (including phenoxy) is 2. The largest absolute Gasteiger partial charge is 0.395 e. The molecule has 2 aliphatic rings. The van der Waals surface area contributed by atoms with Gasteiger partial charge in [-0.2, -0.15) is 0 Å². The summed E-state index contributed by atoms with van der Waals surface area (Å²) in [6.45, 7) is 4.50. The Hall–Kier alpha value is -0.160. The lowest BCUT2D eigenvalue weighted by Crippen LogP contribution is -2.50. The van der Waals surface area contributed by atoms with Gasteiger partial charge in [-0.15, -0.1) is 0 Å². The van der Waals surface area contributed by atoms with Crippen LogP contribution in [0.2, 0.25) is 0 Å². The minimum absolute atomic E-state index is 0.188. The van der Waals surface area contributed by atoms with Crippen LogP contribution < -0.4 is 0 Å². The van der Waals surface area contributed by atoms with E-state index in [2.05, 4.69) is 4.90 Å². The Kier molecular flexibility index (Phi) is 3.61. The van der Waals surface area contributed by atoms with Crippen LogP contribution in [-0.4, -0.2) is 62.7 Å². The highest BCUT2D eigenvalue weighted by molar-refractivity contribution is 4.97. The molecule has 0 amide bonds. The first-order chi connectivity index (χ1) is 7.29. The van der Waals surface area contributed by atoms with Gasteiger partial charge < -0.3 is 14.6 Å². The molecule has 1 atom stereocenters. The molecule has 1 aliphatic carbocycles. The Bertz CT molecular complexity index is 206. The van der Waals surface area contributed by atoms with E-state index >= 15 is 0 Å². The molecule has 1 saturated carbocycles. The first-order valence-electron chi connectivity index (χ1n) is 5.71. The number of hydrogen-bond donors (Lipinski definition) is 1. The lowest BCUT2D eigenvalue weighted by Gasteiger charge is -2.36. The second-order valence-electron chi connectivity index (χ2n) is 4.81. The molecule has 2 fully saturated rings. The fraction of sp³-hybridized carbons (Fsp3) is 1.00. The van der Waals surface area contributed by atoms with Crippen LogP contribution in [0.4, 0.5) is 0 Å². The van der Waals surface area contributed by atoms with Crippen LogP contribution in [0.25, 0.3) is 0 Å². The van der Waals surface area contributed by atoms with Gasteiger partial charge in [0.25, 0.3) is 0 Å². The molecule has 4 heteroatoms. The molecule has 2 rings (SSSR count). The Morgan fingerprint density at radius 2 is 2.33 bits per heavy atom. The first kappa shape index (κ1) is 11.3. The highest BCUT2D eigenvalue weighted by atomic mass is 16.5. The van der Waals surface area contributed by atoms with E-state index in [-0.39, 0.29) is 12.6 Å². The Morgan fingerprint density at radius 1 is 1.53 bits per heavy atom. The molecule has 4 nitrogen and oxygen atoms in total. The molecule has 0 aromatic heterocycles. The number of rotatable bonds is 5. The molecule has 0 aromatic carbocycles. The van der Waals surface area contributed by atoms with Gasteiger partial charge in [0.1, 0.15) is 0 Å². The van der Waals surface area contributed by atoms with Crippen LogP contribution in [0.1, 0.15) is 12.8 Å². The third-order valence-corrected chi connectivity index (χ3v) is 3.51. The van der Waals surface area contributed by atoms with E-state index in [4.69, 9.17) is 9.47 Å². The van der Waals surface area contributed by atoms with Crippen LogP contribution in [0.15, 0.2) is 0 Å². The molecule has 1 unspecified atom stereocenters. The summed E-state index contributed by atoms with van der Waals surface area (Å²) < 4.78 is 10.6. The van der Waals surface area contributed by atoms with Crippen molar-refractivity contribution in [1.82, 2.24) is 4.90 Å². The summed E-state index contributed by atoms with van der Waals surface area (Å²) in [7, 11) is 1.77. The third-order valence-electron chi connectivity index (χ3n) is 3.51. The second kappa shape index (κ2) is 4.78. The third kappa shape index (κ3) is 2.69. The van der Waals surface area contributed by atoms with E-state index in [9.17, 15) is 5.11 Å². The second-order valence-corrected chi connectivity index (χ2v) is 4.81. The molecule has 0 spiro atoms. The zero-order valence-corrected chi connectivity index (χ0v) is 9.45. The lowest BCUT2D eigenvalue weighted by molar-refractivity contribution is -0.0407. The van der Waals surface area contributed by atoms with E-state index in [0.717, 1.165) is 26.3 Å². The topological polar surface area (TPSA) is 41.9 Å². The molecule has 0 bridgehead atoms. The van der Waals surface area contributed by atoms with Crippen molar-refractivity contribution in [1.29, 1.82) is 0 Å². The summed E-state index contributed by atoms with van der Waals surface area (Å²) in [5.41, 5.74) is 0.375. The van der Waals surface area contributed by atoms with Crippen molar-refractivity contribution < 1.29 is 14.6 Å². The summed E-state index contributed by atoms with van der Waals surface area (Å²) in [4.78, 5) is 2.36. The van der Waals surface area contributed by atoms with Crippen molar-refractivity contribution in [3.63, 3.8) is 0 Å². The van der Waals surface area contributed by atoms with Crippen LogP contribution in [0, 0.1) is 5.41 Å². The van der Waals surface area contributed by atoms with E-state index in [1.165, 1.54) is 12.8 Å². The van der Waals surface area contributed by atoms with Crippen molar-refractivity contribution in [2.45, 2.75) is 18.9 Å². The summed E-state index contributed by atoms with van der Waals surface area (Å²) in [5.74, 6) is 0. The molecule has 1 heterocycles. The number of methoxy groups -OCH3 is 1. The molecular weight excluding hydrogens is 194 g/mol. The monoisotopic (exact) mass is 215 g/mol. The predicted molar refractivity (Wildman–Crippen MR) is 56.8 cm³/mol. The average Bonchev–Trinajstić information content (AvgIpc) is 2.99. The van der Waals surface area contributed by atoms with Gasteiger partial charge in [0, 0.05) is 25.6 Å². The molecular formula is C11H21NO3. The molecule has 1 saturated heterocycles. The fourth-order valence-electron chi connectivity index (χ4n) is 2.33. The van der Waals surface area contributed by atoms with Crippen LogP contribution in [0.5, 0.6) is 0 Å². The number of morpholine rings is 1. The molecule has 1 aliphatic heterocycles. The maximum absolute atomic E-state index is 9.26. The Morgan fingerprint density at radius 3 is 2.93 bits per heavy atom. The van der Waals surface area contributed by atoms with Crippen molar-refractivity contribution in [2.75, 3.05) is 46.6 Å². The van der Waals surface area contributed by atoms with Crippen LogP contribution >= 0.6 is 0 Å².